The number of nitrogens with one attached hydrogen (secondary N) is 1. The third-order valence-corrected chi connectivity index (χ3v) is 4.35. The molecule has 10 heteroatoms. The van der Waals surface area contributed by atoms with Crippen LogP contribution in [0, 0.1) is 6.92 Å². The minimum absolute atomic E-state index is 0.274. The van der Waals surface area contributed by atoms with Crippen molar-refractivity contribution in [2.75, 3.05) is 11.9 Å². The lowest BCUT2D eigenvalue weighted by atomic mass is 9.97. The van der Waals surface area contributed by atoms with E-state index in [0.717, 1.165) is 5.56 Å². The van der Waals surface area contributed by atoms with Crippen LogP contribution < -0.4 is 5.32 Å². The van der Waals surface area contributed by atoms with Gasteiger partial charge < -0.3 is 29.0 Å². The molecule has 1 N–H and O–H groups in total. The average molecular weight is 437 g/mol. The van der Waals surface area contributed by atoms with Crippen molar-refractivity contribution in [2.45, 2.75) is 65.3 Å². The molecule has 0 aromatic heterocycles. The molecule has 0 amide bonds. The molecule has 1 aromatic carbocycles. The maximum Gasteiger partial charge on any atom is 0.303 e. The van der Waals surface area contributed by atoms with Gasteiger partial charge in [-0.3, -0.25) is 19.2 Å². The highest BCUT2D eigenvalue weighted by molar-refractivity contribution is 5.69. The van der Waals surface area contributed by atoms with Crippen molar-refractivity contribution in [1.29, 1.82) is 0 Å². The molecule has 0 bridgehead atoms. The summed E-state index contributed by atoms with van der Waals surface area (Å²) in [6, 6.07) is 7.33. The van der Waals surface area contributed by atoms with Crippen molar-refractivity contribution in [3.8, 4) is 0 Å². The van der Waals surface area contributed by atoms with Gasteiger partial charge in [0.15, 0.2) is 24.5 Å². The van der Waals surface area contributed by atoms with Gasteiger partial charge in [0.25, 0.3) is 0 Å². The normalized spacial score (nSPS) is 25.1. The van der Waals surface area contributed by atoms with E-state index in [-0.39, 0.29) is 6.61 Å². The van der Waals surface area contributed by atoms with Crippen LogP contribution in [0.5, 0.6) is 0 Å². The molecule has 1 aliphatic heterocycles. The molecule has 0 saturated carbocycles. The third kappa shape index (κ3) is 7.25. The summed E-state index contributed by atoms with van der Waals surface area (Å²) in [5, 5.41) is 3.09. The molecular weight excluding hydrogens is 410 g/mol. The van der Waals surface area contributed by atoms with E-state index >= 15 is 0 Å². The van der Waals surface area contributed by atoms with E-state index < -0.39 is 54.5 Å². The lowest BCUT2D eigenvalue weighted by Crippen LogP contribution is -2.64. The Kier molecular flexibility index (Phi) is 8.38. The van der Waals surface area contributed by atoms with Crippen LogP contribution in [0.15, 0.2) is 24.3 Å². The monoisotopic (exact) mass is 437 g/mol. The van der Waals surface area contributed by atoms with Gasteiger partial charge in [-0.25, -0.2) is 0 Å². The summed E-state index contributed by atoms with van der Waals surface area (Å²) in [7, 11) is 0. The maximum atomic E-state index is 11.8. The highest BCUT2D eigenvalue weighted by Crippen LogP contribution is 2.30. The molecule has 1 heterocycles. The third-order valence-electron chi connectivity index (χ3n) is 4.35. The number of hydrogen-bond donors (Lipinski definition) is 1. The van der Waals surface area contributed by atoms with Gasteiger partial charge in [-0.05, 0) is 19.1 Å². The quantitative estimate of drug-likeness (QED) is 0.495. The smallest absolute Gasteiger partial charge is 0.303 e. The number of carbonyl (C=O) groups excluding carboxylic acids is 4. The fraction of sp³-hybridized carbons (Fsp3) is 0.524. The first-order valence-electron chi connectivity index (χ1n) is 9.70. The van der Waals surface area contributed by atoms with E-state index in [1.165, 1.54) is 27.7 Å². The zero-order valence-corrected chi connectivity index (χ0v) is 18.1. The molecule has 0 radical (unpaired) electrons. The maximum absolute atomic E-state index is 11.8. The SMILES string of the molecule is CC(=O)OC[C@@H]1O[C@@H](Nc2ccc(C)cc2)[C@@H](OC(C)=O)[C@H](OC(C)=O)[C@@H]1OC(C)=O. The van der Waals surface area contributed by atoms with E-state index in [1.54, 1.807) is 12.1 Å². The van der Waals surface area contributed by atoms with Crippen LogP contribution in [0.4, 0.5) is 5.69 Å². The standard InChI is InChI=1S/C21H27NO9/c1-11-6-8-16(9-7-11)22-21-20(30-15(5)26)19(29-14(4)25)18(28-13(3)24)17(31-21)10-27-12(2)23/h6-9,17-22H,10H2,1-5H3/t17-,18+,19+,20-,21+/m0/s1. The zero-order valence-electron chi connectivity index (χ0n) is 18.1. The van der Waals surface area contributed by atoms with Crippen molar-refractivity contribution >= 4 is 29.6 Å². The van der Waals surface area contributed by atoms with Crippen LogP contribution >= 0.6 is 0 Å². The Labute approximate surface area is 180 Å². The second-order valence-corrected chi connectivity index (χ2v) is 7.13. The predicted octanol–water partition coefficient (Wildman–Crippen LogP) is 1.49. The molecule has 1 fully saturated rings. The first kappa shape index (κ1) is 24.1. The Bertz CT molecular complexity index is 808. The molecule has 0 unspecified atom stereocenters. The summed E-state index contributed by atoms with van der Waals surface area (Å²) < 4.78 is 27.1. The van der Waals surface area contributed by atoms with Crippen LogP contribution in [0.1, 0.15) is 33.3 Å². The topological polar surface area (TPSA) is 126 Å². The van der Waals surface area contributed by atoms with Crippen molar-refractivity contribution in [1.82, 2.24) is 0 Å². The van der Waals surface area contributed by atoms with Gasteiger partial charge in [0, 0.05) is 33.4 Å². The lowest BCUT2D eigenvalue weighted by Gasteiger charge is -2.44. The fourth-order valence-corrected chi connectivity index (χ4v) is 3.16. The minimum Gasteiger partial charge on any atom is -0.463 e. The largest absolute Gasteiger partial charge is 0.463 e. The molecule has 0 spiro atoms. The van der Waals surface area contributed by atoms with E-state index in [0.29, 0.717) is 5.69 Å². The number of anilines is 1. The summed E-state index contributed by atoms with van der Waals surface area (Å²) in [5.41, 5.74) is 1.68. The predicted molar refractivity (Wildman–Crippen MR) is 107 cm³/mol. The molecule has 31 heavy (non-hydrogen) atoms. The summed E-state index contributed by atoms with van der Waals surface area (Å²) in [4.78, 5) is 46.6. The minimum atomic E-state index is -1.21. The first-order chi connectivity index (χ1) is 14.6. The van der Waals surface area contributed by atoms with Crippen molar-refractivity contribution in [2.24, 2.45) is 0 Å². The Morgan fingerprint density at radius 1 is 0.806 bits per heavy atom. The number of esters is 4. The van der Waals surface area contributed by atoms with Crippen LogP contribution in [0.3, 0.4) is 0 Å². The molecule has 0 aliphatic carbocycles. The number of rotatable bonds is 7. The van der Waals surface area contributed by atoms with E-state index in [4.69, 9.17) is 23.7 Å². The van der Waals surface area contributed by atoms with Gasteiger partial charge in [0.05, 0.1) is 0 Å². The van der Waals surface area contributed by atoms with Gasteiger partial charge in [0.2, 0.25) is 0 Å². The van der Waals surface area contributed by atoms with Gasteiger partial charge in [-0.15, -0.1) is 0 Å². The van der Waals surface area contributed by atoms with Crippen LogP contribution in [-0.4, -0.2) is 61.1 Å². The van der Waals surface area contributed by atoms with Gasteiger partial charge in [0.1, 0.15) is 12.7 Å². The van der Waals surface area contributed by atoms with E-state index in [9.17, 15) is 19.2 Å². The fourth-order valence-electron chi connectivity index (χ4n) is 3.16. The molecule has 2 rings (SSSR count). The van der Waals surface area contributed by atoms with Crippen LogP contribution in [0.2, 0.25) is 0 Å². The first-order valence-corrected chi connectivity index (χ1v) is 9.70. The van der Waals surface area contributed by atoms with Crippen LogP contribution in [-0.2, 0) is 42.9 Å². The molecule has 170 valence electrons. The summed E-state index contributed by atoms with van der Waals surface area (Å²) in [6.45, 7) is 6.41. The lowest BCUT2D eigenvalue weighted by molar-refractivity contribution is -0.247. The van der Waals surface area contributed by atoms with Crippen LogP contribution in [0.25, 0.3) is 0 Å². The van der Waals surface area contributed by atoms with Crippen molar-refractivity contribution < 1.29 is 42.9 Å². The molecule has 10 nitrogen and oxygen atoms in total. The summed E-state index contributed by atoms with van der Waals surface area (Å²) in [6.07, 6.45) is -5.53. The Morgan fingerprint density at radius 2 is 1.32 bits per heavy atom. The number of aryl methyl sites for hydroxylation is 1. The highest BCUT2D eigenvalue weighted by atomic mass is 16.7. The summed E-state index contributed by atoms with van der Waals surface area (Å²) >= 11 is 0. The molecule has 5 atom stereocenters. The second kappa shape index (κ2) is 10.8. The number of hydrogen-bond acceptors (Lipinski definition) is 10. The van der Waals surface area contributed by atoms with Gasteiger partial charge in [-0.2, -0.15) is 0 Å². The molecule has 1 saturated heterocycles. The van der Waals surface area contributed by atoms with Gasteiger partial charge in [-0.1, -0.05) is 17.7 Å². The van der Waals surface area contributed by atoms with Gasteiger partial charge >= 0.3 is 23.9 Å². The highest BCUT2D eigenvalue weighted by Gasteiger charge is 2.52. The summed E-state index contributed by atoms with van der Waals surface area (Å²) in [5.74, 6) is -2.58. The Balaban J connectivity index is 2.43. The number of benzene rings is 1. The Hall–Kier alpha value is -3.14. The zero-order chi connectivity index (χ0) is 23.1. The van der Waals surface area contributed by atoms with Crippen molar-refractivity contribution in [3.63, 3.8) is 0 Å². The van der Waals surface area contributed by atoms with Crippen molar-refractivity contribution in [3.05, 3.63) is 29.8 Å². The number of ether oxygens (including phenoxy) is 5. The molecule has 1 aromatic rings. The average Bonchev–Trinajstić information content (AvgIpc) is 2.65. The second-order valence-electron chi connectivity index (χ2n) is 7.13. The number of carbonyl (C=O) groups is 4. The molecular formula is C21H27NO9. The molecule has 1 aliphatic rings. The van der Waals surface area contributed by atoms with E-state index in [1.807, 2.05) is 19.1 Å². The van der Waals surface area contributed by atoms with E-state index in [2.05, 4.69) is 5.32 Å². The Morgan fingerprint density at radius 3 is 1.84 bits per heavy atom.